The lowest BCUT2D eigenvalue weighted by atomic mass is 10.3. The monoisotopic (exact) mass is 116 g/mol. The van der Waals surface area contributed by atoms with E-state index in [0.717, 1.165) is 0 Å². The minimum Gasteiger partial charge on any atom is -0.394 e. The highest BCUT2D eigenvalue weighted by Crippen LogP contribution is 1.83. The highest BCUT2D eigenvalue weighted by molar-refractivity contribution is 5.58. The van der Waals surface area contributed by atoms with Gasteiger partial charge in [0.15, 0.2) is 0 Å². The molecule has 0 saturated carbocycles. The van der Waals surface area contributed by atoms with E-state index in [2.05, 4.69) is 0 Å². The maximum Gasteiger partial charge on any atom is 0.219 e. The van der Waals surface area contributed by atoms with Crippen LogP contribution in [-0.2, 0) is 4.79 Å². The molecule has 0 aliphatic heterocycles. The smallest absolute Gasteiger partial charge is 0.219 e. The van der Waals surface area contributed by atoms with Gasteiger partial charge in [0, 0.05) is 0 Å². The van der Waals surface area contributed by atoms with Crippen LogP contribution in [0.3, 0.4) is 0 Å². The van der Waals surface area contributed by atoms with Gasteiger partial charge in [-0.05, 0) is 14.1 Å². The average Bonchev–Trinajstić information content (AvgIpc) is 1.69. The van der Waals surface area contributed by atoms with Gasteiger partial charge < -0.3 is 5.11 Å². The molecule has 1 N–H and O–H groups in total. The summed E-state index contributed by atoms with van der Waals surface area (Å²) in [7, 11) is 3.43. The molecule has 0 heterocycles. The lowest BCUT2D eigenvalue weighted by Gasteiger charge is -2.13. The van der Waals surface area contributed by atoms with Crippen LogP contribution in [0.25, 0.3) is 0 Å². The minimum absolute atomic E-state index is 0.156. The lowest BCUT2D eigenvalue weighted by molar-refractivity contribution is 0.207. The minimum atomic E-state index is -0.463. The molecule has 0 aromatic heterocycles. The van der Waals surface area contributed by atoms with Gasteiger partial charge in [0.2, 0.25) is 6.29 Å². The molecule has 3 heteroatoms. The molecule has 0 fully saturated rings. The standard InChI is InChI=1S/C5H10NO2/c1-6(2)5(3-7)4-8/h5,7H,3H2,1-2H3. The van der Waals surface area contributed by atoms with Gasteiger partial charge in [-0.1, -0.05) is 0 Å². The Morgan fingerprint density at radius 2 is 2.25 bits per heavy atom. The Hall–Kier alpha value is -0.410. The van der Waals surface area contributed by atoms with Crippen LogP contribution in [0.1, 0.15) is 0 Å². The Morgan fingerprint density at radius 3 is 2.25 bits per heavy atom. The van der Waals surface area contributed by atoms with E-state index in [1.807, 2.05) is 0 Å². The fraction of sp³-hybridized carbons (Fsp3) is 0.800. The number of nitrogens with zero attached hydrogens (tertiary/aromatic N) is 1. The van der Waals surface area contributed by atoms with E-state index in [-0.39, 0.29) is 6.61 Å². The van der Waals surface area contributed by atoms with Gasteiger partial charge in [-0.2, -0.15) is 0 Å². The van der Waals surface area contributed by atoms with Gasteiger partial charge in [0.05, 0.1) is 12.6 Å². The number of hydrogen-bond donors (Lipinski definition) is 1. The molecule has 8 heavy (non-hydrogen) atoms. The van der Waals surface area contributed by atoms with Crippen molar-refractivity contribution < 1.29 is 9.90 Å². The van der Waals surface area contributed by atoms with Crippen LogP contribution in [0.2, 0.25) is 0 Å². The molecule has 0 aromatic rings. The largest absolute Gasteiger partial charge is 0.394 e. The van der Waals surface area contributed by atoms with Crippen LogP contribution in [0.4, 0.5) is 0 Å². The Balaban J connectivity index is 3.51. The quantitative estimate of drug-likeness (QED) is 0.515. The molecule has 0 spiro atoms. The number of aliphatic hydroxyl groups is 1. The first-order valence-corrected chi connectivity index (χ1v) is 2.37. The van der Waals surface area contributed by atoms with Gasteiger partial charge >= 0.3 is 0 Å². The first-order valence-electron chi connectivity index (χ1n) is 2.37. The molecular weight excluding hydrogens is 106 g/mol. The van der Waals surface area contributed by atoms with E-state index >= 15 is 0 Å². The van der Waals surface area contributed by atoms with Crippen molar-refractivity contribution in [2.24, 2.45) is 0 Å². The Labute approximate surface area is 48.9 Å². The molecule has 47 valence electrons. The number of hydrogen-bond acceptors (Lipinski definition) is 3. The SMILES string of the molecule is CN(C)C([C]=O)CO. The summed E-state index contributed by atoms with van der Waals surface area (Å²) in [5.41, 5.74) is 0. The lowest BCUT2D eigenvalue weighted by Crippen LogP contribution is -2.32. The Morgan fingerprint density at radius 1 is 1.75 bits per heavy atom. The van der Waals surface area contributed by atoms with Crippen LogP contribution in [-0.4, -0.2) is 43.0 Å². The molecule has 0 saturated heterocycles. The fourth-order valence-electron chi connectivity index (χ4n) is 0.306. The fourth-order valence-corrected chi connectivity index (χ4v) is 0.306. The maximum atomic E-state index is 9.85. The molecule has 1 atom stereocenters. The maximum absolute atomic E-state index is 9.85. The van der Waals surface area contributed by atoms with Crippen molar-refractivity contribution in [2.75, 3.05) is 20.7 Å². The summed E-state index contributed by atoms with van der Waals surface area (Å²) in [6.07, 6.45) is 1.68. The molecule has 0 rings (SSSR count). The highest BCUT2D eigenvalue weighted by atomic mass is 16.3. The van der Waals surface area contributed by atoms with Gasteiger partial charge in [0.1, 0.15) is 0 Å². The molecule has 0 aliphatic carbocycles. The molecule has 0 amide bonds. The first kappa shape index (κ1) is 7.59. The summed E-state index contributed by atoms with van der Waals surface area (Å²) in [5, 5.41) is 8.39. The number of aliphatic hydroxyl groups excluding tert-OH is 1. The van der Waals surface area contributed by atoms with E-state index < -0.39 is 6.04 Å². The summed E-state index contributed by atoms with van der Waals surface area (Å²) < 4.78 is 0. The number of rotatable bonds is 3. The van der Waals surface area contributed by atoms with E-state index in [9.17, 15) is 4.79 Å². The van der Waals surface area contributed by atoms with E-state index in [1.54, 1.807) is 25.3 Å². The van der Waals surface area contributed by atoms with Crippen molar-refractivity contribution in [3.8, 4) is 0 Å². The van der Waals surface area contributed by atoms with Crippen molar-refractivity contribution >= 4 is 6.29 Å². The van der Waals surface area contributed by atoms with Crippen LogP contribution < -0.4 is 0 Å². The van der Waals surface area contributed by atoms with Crippen molar-refractivity contribution in [2.45, 2.75) is 6.04 Å². The van der Waals surface area contributed by atoms with Crippen molar-refractivity contribution in [1.82, 2.24) is 4.90 Å². The molecule has 0 aromatic carbocycles. The van der Waals surface area contributed by atoms with Crippen molar-refractivity contribution in [3.63, 3.8) is 0 Å². The van der Waals surface area contributed by atoms with Crippen molar-refractivity contribution in [3.05, 3.63) is 0 Å². The summed E-state index contributed by atoms with van der Waals surface area (Å²) in [5.74, 6) is 0. The molecular formula is C5H10NO2. The normalized spacial score (nSPS) is 14.0. The van der Waals surface area contributed by atoms with Crippen LogP contribution in [0.15, 0.2) is 0 Å². The molecule has 0 bridgehead atoms. The number of likely N-dealkylation sites (N-methyl/N-ethyl adjacent to an activating group) is 1. The third kappa shape index (κ3) is 2.04. The van der Waals surface area contributed by atoms with Crippen LogP contribution >= 0.6 is 0 Å². The summed E-state index contributed by atoms with van der Waals surface area (Å²) in [4.78, 5) is 11.5. The van der Waals surface area contributed by atoms with Crippen LogP contribution in [0, 0.1) is 0 Å². The Kier molecular flexibility index (Phi) is 3.39. The zero-order chi connectivity index (χ0) is 6.57. The third-order valence-corrected chi connectivity index (χ3v) is 0.932. The first-order chi connectivity index (χ1) is 3.72. The van der Waals surface area contributed by atoms with Gasteiger partial charge in [-0.3, -0.25) is 9.69 Å². The second-order valence-corrected chi connectivity index (χ2v) is 1.78. The predicted molar refractivity (Wildman–Crippen MR) is 30.3 cm³/mol. The Bertz CT molecular complexity index is 72.8. The van der Waals surface area contributed by atoms with Crippen LogP contribution in [0.5, 0.6) is 0 Å². The van der Waals surface area contributed by atoms with E-state index in [4.69, 9.17) is 5.11 Å². The average molecular weight is 116 g/mol. The summed E-state index contributed by atoms with van der Waals surface area (Å²) in [6, 6.07) is -0.463. The topological polar surface area (TPSA) is 40.5 Å². The molecule has 1 unspecified atom stereocenters. The van der Waals surface area contributed by atoms with E-state index in [0.29, 0.717) is 0 Å². The molecule has 3 nitrogen and oxygen atoms in total. The van der Waals surface area contributed by atoms with Crippen molar-refractivity contribution in [1.29, 1.82) is 0 Å². The molecule has 1 radical (unpaired) electrons. The second kappa shape index (κ2) is 3.57. The molecule has 0 aliphatic rings. The predicted octanol–water partition coefficient (Wildman–Crippen LogP) is -0.981. The van der Waals surface area contributed by atoms with Gasteiger partial charge in [0.25, 0.3) is 0 Å². The zero-order valence-electron chi connectivity index (χ0n) is 5.09. The number of carbonyl (C=O) groups excluding carboxylic acids is 1. The van der Waals surface area contributed by atoms with Gasteiger partial charge in [-0.15, -0.1) is 0 Å². The highest BCUT2D eigenvalue weighted by Gasteiger charge is 2.06. The van der Waals surface area contributed by atoms with E-state index in [1.165, 1.54) is 0 Å². The summed E-state index contributed by atoms with van der Waals surface area (Å²) in [6.45, 7) is -0.156. The van der Waals surface area contributed by atoms with Gasteiger partial charge in [-0.25, -0.2) is 0 Å². The second-order valence-electron chi connectivity index (χ2n) is 1.78. The zero-order valence-corrected chi connectivity index (χ0v) is 5.09. The summed E-state index contributed by atoms with van der Waals surface area (Å²) >= 11 is 0. The third-order valence-electron chi connectivity index (χ3n) is 0.932.